The van der Waals surface area contributed by atoms with Gasteiger partial charge in [0.1, 0.15) is 0 Å². The summed E-state index contributed by atoms with van der Waals surface area (Å²) < 4.78 is 1.15. The molecule has 0 aliphatic rings. The van der Waals surface area contributed by atoms with Gasteiger partial charge in [-0.25, -0.2) is 0 Å². The molecule has 0 radical (unpaired) electrons. The summed E-state index contributed by atoms with van der Waals surface area (Å²) in [5.41, 5.74) is 1.17. The Hall–Kier alpha value is -0.350. The van der Waals surface area contributed by atoms with E-state index >= 15 is 0 Å². The fourth-order valence-electron chi connectivity index (χ4n) is 1.96. The van der Waals surface area contributed by atoms with Crippen molar-refractivity contribution in [1.82, 2.24) is 5.32 Å². The molecule has 1 N–H and O–H groups in total. The molecule has 1 aromatic carbocycles. The van der Waals surface area contributed by atoms with E-state index in [0.717, 1.165) is 22.5 Å². The highest BCUT2D eigenvalue weighted by molar-refractivity contribution is 9.10. The summed E-state index contributed by atoms with van der Waals surface area (Å²) in [6.07, 6.45) is 0.966. The average Bonchev–Trinajstić information content (AvgIpc) is 2.75. The van der Waals surface area contributed by atoms with Crippen molar-refractivity contribution < 1.29 is 0 Å². The molecule has 1 unspecified atom stereocenters. The summed E-state index contributed by atoms with van der Waals surface area (Å²) in [7, 11) is 0. The van der Waals surface area contributed by atoms with Crippen molar-refractivity contribution in [2.45, 2.75) is 19.4 Å². The standard InChI is InChI=1S/C14H15BrClNS/c1-2-17-14(8-11-7-10(15)9-18-11)12-5-3-4-6-13(12)16/h3-7,9,14,17H,2,8H2,1H3. The first-order valence-electron chi connectivity index (χ1n) is 5.91. The Kier molecular flexibility index (Phi) is 5.25. The van der Waals surface area contributed by atoms with Gasteiger partial charge in [0.15, 0.2) is 0 Å². The summed E-state index contributed by atoms with van der Waals surface area (Å²) >= 11 is 11.6. The number of rotatable bonds is 5. The SMILES string of the molecule is CCNC(Cc1cc(Br)cs1)c1ccccc1Cl. The van der Waals surface area contributed by atoms with Gasteiger partial charge in [-0.2, -0.15) is 0 Å². The van der Waals surface area contributed by atoms with Gasteiger partial charge in [-0.1, -0.05) is 36.7 Å². The van der Waals surface area contributed by atoms with Crippen LogP contribution in [0.2, 0.25) is 5.02 Å². The summed E-state index contributed by atoms with van der Waals surface area (Å²) in [4.78, 5) is 1.35. The minimum Gasteiger partial charge on any atom is -0.310 e. The highest BCUT2D eigenvalue weighted by Gasteiger charge is 2.14. The smallest absolute Gasteiger partial charge is 0.0453 e. The molecule has 1 atom stereocenters. The summed E-state index contributed by atoms with van der Waals surface area (Å²) in [6, 6.07) is 10.5. The molecule has 1 aromatic heterocycles. The predicted octanol–water partition coefficient (Wildman–Crippen LogP) is 5.06. The van der Waals surface area contributed by atoms with Crippen LogP contribution >= 0.6 is 38.9 Å². The Morgan fingerprint density at radius 2 is 2.17 bits per heavy atom. The number of hydrogen-bond donors (Lipinski definition) is 1. The van der Waals surface area contributed by atoms with Crippen molar-refractivity contribution in [2.24, 2.45) is 0 Å². The van der Waals surface area contributed by atoms with E-state index < -0.39 is 0 Å². The second-order valence-corrected chi connectivity index (χ2v) is 6.39. The van der Waals surface area contributed by atoms with Gasteiger partial charge in [0.05, 0.1) is 0 Å². The van der Waals surface area contributed by atoms with Crippen molar-refractivity contribution in [3.63, 3.8) is 0 Å². The van der Waals surface area contributed by atoms with Crippen molar-refractivity contribution in [2.75, 3.05) is 6.54 Å². The van der Waals surface area contributed by atoms with Gasteiger partial charge < -0.3 is 5.32 Å². The second-order valence-electron chi connectivity index (χ2n) is 4.07. The molecule has 0 amide bonds. The van der Waals surface area contributed by atoms with E-state index in [9.17, 15) is 0 Å². The van der Waals surface area contributed by atoms with Crippen LogP contribution in [0.5, 0.6) is 0 Å². The van der Waals surface area contributed by atoms with Gasteiger partial charge in [-0.15, -0.1) is 11.3 Å². The number of hydrogen-bond acceptors (Lipinski definition) is 2. The molecule has 4 heteroatoms. The van der Waals surface area contributed by atoms with Crippen molar-refractivity contribution in [1.29, 1.82) is 0 Å². The van der Waals surface area contributed by atoms with Crippen LogP contribution in [0.25, 0.3) is 0 Å². The number of halogens is 2. The van der Waals surface area contributed by atoms with Crippen LogP contribution in [0.3, 0.4) is 0 Å². The lowest BCUT2D eigenvalue weighted by atomic mass is 10.0. The van der Waals surface area contributed by atoms with E-state index in [1.165, 1.54) is 10.4 Å². The zero-order valence-electron chi connectivity index (χ0n) is 10.1. The van der Waals surface area contributed by atoms with Gasteiger partial charge in [0.2, 0.25) is 0 Å². The van der Waals surface area contributed by atoms with Crippen LogP contribution in [0.4, 0.5) is 0 Å². The Morgan fingerprint density at radius 1 is 1.39 bits per heavy atom. The third-order valence-electron chi connectivity index (χ3n) is 2.76. The molecule has 0 spiro atoms. The molecule has 18 heavy (non-hydrogen) atoms. The van der Waals surface area contributed by atoms with Crippen molar-refractivity contribution >= 4 is 38.9 Å². The quantitative estimate of drug-likeness (QED) is 0.799. The zero-order valence-corrected chi connectivity index (χ0v) is 13.3. The fraction of sp³-hybridized carbons (Fsp3) is 0.286. The molecular weight excluding hydrogens is 330 g/mol. The molecule has 1 heterocycles. The van der Waals surface area contributed by atoms with Crippen LogP contribution in [-0.4, -0.2) is 6.54 Å². The second kappa shape index (κ2) is 6.71. The monoisotopic (exact) mass is 343 g/mol. The minimum atomic E-state index is 0.272. The van der Waals surface area contributed by atoms with Crippen LogP contribution in [0.15, 0.2) is 40.2 Å². The van der Waals surface area contributed by atoms with Crippen molar-refractivity contribution in [3.8, 4) is 0 Å². The third kappa shape index (κ3) is 3.58. The van der Waals surface area contributed by atoms with Crippen molar-refractivity contribution in [3.05, 3.63) is 55.6 Å². The molecule has 1 nitrogen and oxygen atoms in total. The topological polar surface area (TPSA) is 12.0 Å². The Bertz CT molecular complexity index is 512. The van der Waals surface area contributed by atoms with E-state index in [4.69, 9.17) is 11.6 Å². The lowest BCUT2D eigenvalue weighted by Gasteiger charge is -2.18. The number of benzene rings is 1. The van der Waals surface area contributed by atoms with Crippen LogP contribution in [-0.2, 0) is 6.42 Å². The molecule has 0 saturated carbocycles. The van der Waals surface area contributed by atoms with Gasteiger partial charge in [0, 0.05) is 32.2 Å². The molecule has 2 rings (SSSR count). The maximum absolute atomic E-state index is 6.28. The maximum atomic E-state index is 6.28. The molecular formula is C14H15BrClNS. The first-order chi connectivity index (χ1) is 8.70. The van der Waals surface area contributed by atoms with E-state index in [-0.39, 0.29) is 6.04 Å². The summed E-state index contributed by atoms with van der Waals surface area (Å²) in [6.45, 7) is 3.05. The van der Waals surface area contributed by atoms with Crippen LogP contribution in [0, 0.1) is 0 Å². The zero-order chi connectivity index (χ0) is 13.0. The van der Waals surface area contributed by atoms with E-state index in [1.54, 1.807) is 11.3 Å². The van der Waals surface area contributed by atoms with Gasteiger partial charge in [-0.05, 0) is 40.2 Å². The highest BCUT2D eigenvalue weighted by Crippen LogP contribution is 2.29. The van der Waals surface area contributed by atoms with Gasteiger partial charge in [-0.3, -0.25) is 0 Å². The molecule has 0 aliphatic carbocycles. The fourth-order valence-corrected chi connectivity index (χ4v) is 3.72. The van der Waals surface area contributed by atoms with E-state index in [0.29, 0.717) is 0 Å². The first kappa shape index (κ1) is 14.1. The van der Waals surface area contributed by atoms with Crippen LogP contribution < -0.4 is 5.32 Å². The highest BCUT2D eigenvalue weighted by atomic mass is 79.9. The number of thiophene rings is 1. The Balaban J connectivity index is 2.20. The molecule has 0 aliphatic heterocycles. The first-order valence-corrected chi connectivity index (χ1v) is 7.96. The van der Waals surface area contributed by atoms with Gasteiger partial charge in [0.25, 0.3) is 0 Å². The minimum absolute atomic E-state index is 0.272. The normalized spacial score (nSPS) is 12.6. The van der Waals surface area contributed by atoms with Crippen LogP contribution in [0.1, 0.15) is 23.4 Å². The lowest BCUT2D eigenvalue weighted by Crippen LogP contribution is -2.22. The average molecular weight is 345 g/mol. The maximum Gasteiger partial charge on any atom is 0.0453 e. The number of likely N-dealkylation sites (N-methyl/N-ethyl adjacent to an activating group) is 1. The Morgan fingerprint density at radius 3 is 2.78 bits per heavy atom. The predicted molar refractivity (Wildman–Crippen MR) is 83.6 cm³/mol. The molecule has 96 valence electrons. The van der Waals surface area contributed by atoms with E-state index in [1.807, 2.05) is 18.2 Å². The summed E-state index contributed by atoms with van der Waals surface area (Å²) in [5, 5.41) is 6.45. The molecule has 0 saturated heterocycles. The van der Waals surface area contributed by atoms with E-state index in [2.05, 4.69) is 45.7 Å². The molecule has 0 bridgehead atoms. The third-order valence-corrected chi connectivity index (χ3v) is 4.82. The molecule has 0 fully saturated rings. The summed E-state index contributed by atoms with van der Waals surface area (Å²) in [5.74, 6) is 0. The van der Waals surface area contributed by atoms with Gasteiger partial charge >= 0.3 is 0 Å². The largest absolute Gasteiger partial charge is 0.310 e. The Labute approximate surface area is 125 Å². The molecule has 2 aromatic rings. The lowest BCUT2D eigenvalue weighted by molar-refractivity contribution is 0.553. The number of nitrogens with one attached hydrogen (secondary N) is 1.